The highest BCUT2D eigenvalue weighted by atomic mass is 35.5. The van der Waals surface area contributed by atoms with Gasteiger partial charge in [-0.15, -0.1) is 23.7 Å². The van der Waals surface area contributed by atoms with E-state index in [1.165, 1.54) is 4.88 Å². The van der Waals surface area contributed by atoms with E-state index in [4.69, 9.17) is 5.73 Å². The summed E-state index contributed by atoms with van der Waals surface area (Å²) in [6.45, 7) is 1.99. The van der Waals surface area contributed by atoms with Crippen molar-refractivity contribution in [1.29, 1.82) is 0 Å². The van der Waals surface area contributed by atoms with E-state index in [1.54, 1.807) is 17.7 Å². The molecule has 76 valence electrons. The average molecular weight is 230 g/mol. The van der Waals surface area contributed by atoms with Crippen molar-refractivity contribution in [1.82, 2.24) is 9.97 Å². The number of hydrogen-bond donors (Lipinski definition) is 2. The molecule has 2 aromatic rings. The maximum atomic E-state index is 5.76. The van der Waals surface area contributed by atoms with Gasteiger partial charge in [-0.1, -0.05) is 0 Å². The molecule has 0 spiro atoms. The lowest BCUT2D eigenvalue weighted by Gasteiger charge is -1.97. The Morgan fingerprint density at radius 1 is 1.57 bits per heavy atom. The normalized spacial score (nSPS) is 12.1. The lowest BCUT2D eigenvalue weighted by molar-refractivity contribution is 0.838. The van der Waals surface area contributed by atoms with Gasteiger partial charge in [0.05, 0.1) is 12.0 Å². The van der Waals surface area contributed by atoms with E-state index >= 15 is 0 Å². The van der Waals surface area contributed by atoms with Crippen molar-refractivity contribution >= 4 is 23.7 Å². The fourth-order valence-corrected chi connectivity index (χ4v) is 2.01. The Morgan fingerprint density at radius 2 is 2.36 bits per heavy atom. The first-order valence-corrected chi connectivity index (χ1v) is 4.98. The number of nitrogens with zero attached hydrogens (tertiary/aromatic N) is 1. The van der Waals surface area contributed by atoms with Crippen LogP contribution in [0.25, 0.3) is 11.3 Å². The molecule has 0 unspecified atom stereocenters. The van der Waals surface area contributed by atoms with Gasteiger partial charge in [-0.05, 0) is 13.0 Å². The summed E-state index contributed by atoms with van der Waals surface area (Å²) in [6.07, 6.45) is 3.56. The molecule has 0 aliphatic rings. The van der Waals surface area contributed by atoms with E-state index in [2.05, 4.69) is 21.4 Å². The number of aromatic amines is 1. The number of rotatable bonds is 2. The summed E-state index contributed by atoms with van der Waals surface area (Å²) >= 11 is 1.68. The Hall–Kier alpha value is -0.840. The quantitative estimate of drug-likeness (QED) is 0.832. The Kier molecular flexibility index (Phi) is 3.69. The highest BCUT2D eigenvalue weighted by Crippen LogP contribution is 2.26. The average Bonchev–Trinajstić information content (AvgIpc) is 2.75. The number of hydrogen-bond acceptors (Lipinski definition) is 3. The highest BCUT2D eigenvalue weighted by molar-refractivity contribution is 7.10. The van der Waals surface area contributed by atoms with E-state index < -0.39 is 0 Å². The maximum Gasteiger partial charge on any atom is 0.0927 e. The summed E-state index contributed by atoms with van der Waals surface area (Å²) in [7, 11) is 0. The molecule has 0 saturated heterocycles. The molecule has 0 radical (unpaired) electrons. The molecule has 0 bridgehead atoms. The van der Waals surface area contributed by atoms with E-state index in [9.17, 15) is 0 Å². The predicted molar refractivity (Wildman–Crippen MR) is 61.8 cm³/mol. The first-order valence-electron chi connectivity index (χ1n) is 4.10. The summed E-state index contributed by atoms with van der Waals surface area (Å²) < 4.78 is 0. The van der Waals surface area contributed by atoms with Gasteiger partial charge in [-0.25, -0.2) is 4.98 Å². The summed E-state index contributed by atoms with van der Waals surface area (Å²) in [5.74, 6) is 0. The van der Waals surface area contributed by atoms with Crippen molar-refractivity contribution in [2.45, 2.75) is 13.0 Å². The third-order valence-corrected chi connectivity index (χ3v) is 3.00. The molecule has 0 aliphatic heterocycles. The molecule has 2 heterocycles. The van der Waals surface area contributed by atoms with Gasteiger partial charge in [0.1, 0.15) is 0 Å². The molecule has 0 amide bonds. The van der Waals surface area contributed by atoms with Crippen molar-refractivity contribution < 1.29 is 0 Å². The number of aromatic nitrogens is 2. The van der Waals surface area contributed by atoms with Crippen molar-refractivity contribution in [3.05, 3.63) is 28.8 Å². The number of imidazole rings is 1. The van der Waals surface area contributed by atoms with Crippen LogP contribution < -0.4 is 5.73 Å². The largest absolute Gasteiger partial charge is 0.351 e. The highest BCUT2D eigenvalue weighted by Gasteiger charge is 2.06. The molecule has 5 heteroatoms. The standard InChI is InChI=1S/C9H11N3S.ClH/c1-6(10)9-2-7(4-13-9)8-3-11-5-12-8;/h2-6H,10H2,1H3,(H,11,12);1H/t6-;/m1./s1. The molecule has 2 rings (SSSR count). The summed E-state index contributed by atoms with van der Waals surface area (Å²) in [4.78, 5) is 8.29. The van der Waals surface area contributed by atoms with Crippen LogP contribution in [-0.2, 0) is 0 Å². The minimum Gasteiger partial charge on any atom is -0.351 e. The van der Waals surface area contributed by atoms with Gasteiger partial charge < -0.3 is 10.7 Å². The van der Waals surface area contributed by atoms with Gasteiger partial charge >= 0.3 is 0 Å². The Bertz CT molecular complexity index is 380. The lowest BCUT2D eigenvalue weighted by atomic mass is 10.2. The van der Waals surface area contributed by atoms with Crippen LogP contribution in [0.15, 0.2) is 24.0 Å². The molecule has 0 aromatic carbocycles. The minimum atomic E-state index is 0. The van der Waals surface area contributed by atoms with Crippen LogP contribution in [-0.4, -0.2) is 9.97 Å². The molecule has 3 nitrogen and oxygen atoms in total. The zero-order chi connectivity index (χ0) is 9.26. The second-order valence-electron chi connectivity index (χ2n) is 2.98. The van der Waals surface area contributed by atoms with Crippen molar-refractivity contribution in [2.24, 2.45) is 5.73 Å². The monoisotopic (exact) mass is 229 g/mol. The molecule has 2 aromatic heterocycles. The molecular weight excluding hydrogens is 218 g/mol. The van der Waals surface area contributed by atoms with Gasteiger partial charge in [-0.3, -0.25) is 0 Å². The van der Waals surface area contributed by atoms with Crippen LogP contribution in [0, 0.1) is 0 Å². The number of halogens is 1. The number of nitrogens with two attached hydrogens (primary N) is 1. The molecule has 0 fully saturated rings. The first kappa shape index (κ1) is 11.2. The molecule has 1 atom stereocenters. The van der Waals surface area contributed by atoms with E-state index in [-0.39, 0.29) is 18.4 Å². The Morgan fingerprint density at radius 3 is 2.86 bits per heavy atom. The summed E-state index contributed by atoms with van der Waals surface area (Å²) in [5.41, 5.74) is 7.88. The fourth-order valence-electron chi connectivity index (χ4n) is 1.14. The van der Waals surface area contributed by atoms with Gasteiger partial charge in [0.25, 0.3) is 0 Å². The molecule has 0 aliphatic carbocycles. The smallest absolute Gasteiger partial charge is 0.0927 e. The minimum absolute atomic E-state index is 0. The topological polar surface area (TPSA) is 54.7 Å². The number of H-pyrrole nitrogens is 1. The third kappa shape index (κ3) is 2.15. The molecule has 0 saturated carbocycles. The lowest BCUT2D eigenvalue weighted by Crippen LogP contribution is -2.01. The maximum absolute atomic E-state index is 5.76. The second-order valence-corrected chi connectivity index (χ2v) is 3.92. The van der Waals surface area contributed by atoms with Crippen LogP contribution in [0.2, 0.25) is 0 Å². The Balaban J connectivity index is 0.000000980. The first-order chi connectivity index (χ1) is 6.27. The van der Waals surface area contributed by atoms with Crippen molar-refractivity contribution in [3.8, 4) is 11.3 Å². The van der Waals surface area contributed by atoms with Crippen LogP contribution in [0.5, 0.6) is 0 Å². The van der Waals surface area contributed by atoms with Gasteiger partial charge in [0, 0.05) is 28.1 Å². The SMILES string of the molecule is C[C@@H](N)c1cc(-c2c[nH]cn2)cs1.Cl. The number of nitrogens with one attached hydrogen (secondary N) is 1. The van der Waals surface area contributed by atoms with Gasteiger partial charge in [-0.2, -0.15) is 0 Å². The van der Waals surface area contributed by atoms with Crippen LogP contribution in [0.4, 0.5) is 0 Å². The predicted octanol–water partition coefficient (Wildman–Crippen LogP) is 2.58. The fraction of sp³-hybridized carbons (Fsp3) is 0.222. The van der Waals surface area contributed by atoms with Crippen LogP contribution in [0.3, 0.4) is 0 Å². The van der Waals surface area contributed by atoms with Gasteiger partial charge in [0.2, 0.25) is 0 Å². The third-order valence-electron chi connectivity index (χ3n) is 1.86. The van der Waals surface area contributed by atoms with Crippen LogP contribution in [0.1, 0.15) is 17.8 Å². The van der Waals surface area contributed by atoms with Crippen molar-refractivity contribution in [3.63, 3.8) is 0 Å². The number of thiophene rings is 1. The summed E-state index contributed by atoms with van der Waals surface area (Å²) in [5, 5.41) is 2.08. The zero-order valence-corrected chi connectivity index (χ0v) is 9.36. The Labute approximate surface area is 92.8 Å². The van der Waals surface area contributed by atoms with Crippen molar-refractivity contribution in [2.75, 3.05) is 0 Å². The summed E-state index contributed by atoms with van der Waals surface area (Å²) in [6, 6.07) is 2.20. The van der Waals surface area contributed by atoms with Crippen LogP contribution >= 0.6 is 23.7 Å². The molecule has 3 N–H and O–H groups in total. The molecule has 14 heavy (non-hydrogen) atoms. The second kappa shape index (κ2) is 4.59. The van der Waals surface area contributed by atoms with Gasteiger partial charge in [0.15, 0.2) is 0 Å². The van der Waals surface area contributed by atoms with E-state index in [0.29, 0.717) is 0 Å². The van der Waals surface area contributed by atoms with E-state index in [1.807, 2.05) is 13.1 Å². The zero-order valence-electron chi connectivity index (χ0n) is 7.73. The molecular formula is C9H12ClN3S. The van der Waals surface area contributed by atoms with E-state index in [0.717, 1.165) is 11.3 Å².